The molecule has 4 rings (SSSR count). The van der Waals surface area contributed by atoms with E-state index in [9.17, 15) is 9.59 Å². The first-order chi connectivity index (χ1) is 15.5. The molecular weight excluding hydrogens is 410 g/mol. The number of anilines is 1. The Kier molecular flexibility index (Phi) is 7.08. The van der Waals surface area contributed by atoms with E-state index in [0.29, 0.717) is 48.0 Å². The molecule has 1 N–H and O–H groups in total. The van der Waals surface area contributed by atoms with Crippen LogP contribution >= 0.6 is 0 Å². The summed E-state index contributed by atoms with van der Waals surface area (Å²) < 4.78 is 16.2. The number of nitrogens with one attached hydrogen (secondary N) is 1. The smallest absolute Gasteiger partial charge is 0.227 e. The first kappa shape index (κ1) is 22.7. The second-order valence-electron chi connectivity index (χ2n) is 9.04. The molecule has 0 radical (unpaired) electrons. The molecule has 3 atom stereocenters. The Morgan fingerprint density at radius 2 is 1.75 bits per heavy atom. The maximum absolute atomic E-state index is 12.9. The van der Waals surface area contributed by atoms with Crippen molar-refractivity contribution in [2.45, 2.75) is 44.6 Å². The highest BCUT2D eigenvalue weighted by Crippen LogP contribution is 2.42. The topological polar surface area (TPSA) is 80.3 Å². The molecule has 32 heavy (non-hydrogen) atoms. The molecule has 0 spiro atoms. The Balaban J connectivity index is 1.39. The fraction of sp³-hybridized carbons (Fsp3) is 0.667. The van der Waals surface area contributed by atoms with Crippen LogP contribution in [0.3, 0.4) is 0 Å². The van der Waals surface area contributed by atoms with E-state index >= 15 is 0 Å². The zero-order valence-corrected chi connectivity index (χ0v) is 19.4. The van der Waals surface area contributed by atoms with Crippen LogP contribution in [0.25, 0.3) is 0 Å². The van der Waals surface area contributed by atoms with Crippen molar-refractivity contribution in [1.82, 2.24) is 10.2 Å². The van der Waals surface area contributed by atoms with Gasteiger partial charge in [-0.25, -0.2) is 0 Å². The zero-order valence-electron chi connectivity index (χ0n) is 19.4. The first-order valence-electron chi connectivity index (χ1n) is 11.7. The number of carbonyl (C=O) groups excluding carboxylic acids is 2. The minimum Gasteiger partial charge on any atom is -0.493 e. The molecule has 0 aromatic heterocycles. The summed E-state index contributed by atoms with van der Waals surface area (Å²) in [6.07, 6.45) is 6.39. The second-order valence-corrected chi connectivity index (χ2v) is 9.04. The highest BCUT2D eigenvalue weighted by atomic mass is 16.5. The first-order valence-corrected chi connectivity index (χ1v) is 11.7. The Morgan fingerprint density at radius 1 is 1.03 bits per heavy atom. The van der Waals surface area contributed by atoms with Crippen molar-refractivity contribution in [3.8, 4) is 17.2 Å². The SMILES string of the molecule is COc1cc(N2CC(C(=O)NC[C@@H]3CCCN4CCCC[C@H]34)CC2=O)cc(OC)c1OC. The summed E-state index contributed by atoms with van der Waals surface area (Å²) in [5.41, 5.74) is 0.643. The van der Waals surface area contributed by atoms with Crippen molar-refractivity contribution in [3.05, 3.63) is 12.1 Å². The van der Waals surface area contributed by atoms with Crippen LogP contribution in [0.2, 0.25) is 0 Å². The largest absolute Gasteiger partial charge is 0.493 e. The van der Waals surface area contributed by atoms with E-state index in [1.54, 1.807) is 38.4 Å². The number of fused-ring (bicyclic) bond motifs is 1. The summed E-state index contributed by atoms with van der Waals surface area (Å²) in [6, 6.07) is 4.09. The van der Waals surface area contributed by atoms with Crippen molar-refractivity contribution in [2.24, 2.45) is 11.8 Å². The predicted molar refractivity (Wildman–Crippen MR) is 122 cm³/mol. The molecule has 8 nitrogen and oxygen atoms in total. The zero-order chi connectivity index (χ0) is 22.7. The van der Waals surface area contributed by atoms with E-state index < -0.39 is 0 Å². The normalized spacial score (nSPS) is 25.9. The molecule has 3 saturated heterocycles. The summed E-state index contributed by atoms with van der Waals surface area (Å²) in [4.78, 5) is 30.0. The number of ether oxygens (including phenoxy) is 3. The maximum atomic E-state index is 12.9. The van der Waals surface area contributed by atoms with E-state index in [0.717, 1.165) is 0 Å². The summed E-state index contributed by atoms with van der Waals surface area (Å²) in [6.45, 7) is 3.43. The minimum absolute atomic E-state index is 0.0266. The third-order valence-electron chi connectivity index (χ3n) is 7.22. The molecule has 3 aliphatic rings. The Labute approximate surface area is 190 Å². The molecule has 0 aliphatic carbocycles. The number of hydrogen-bond acceptors (Lipinski definition) is 6. The molecule has 0 saturated carbocycles. The minimum atomic E-state index is -0.354. The molecule has 0 bridgehead atoms. The van der Waals surface area contributed by atoms with Crippen LogP contribution in [-0.2, 0) is 9.59 Å². The number of amides is 2. The van der Waals surface area contributed by atoms with Gasteiger partial charge in [0, 0.05) is 37.7 Å². The van der Waals surface area contributed by atoms with Crippen molar-refractivity contribution in [1.29, 1.82) is 0 Å². The molecule has 1 aromatic carbocycles. The van der Waals surface area contributed by atoms with Gasteiger partial charge in [0.25, 0.3) is 0 Å². The molecule has 1 aromatic rings. The van der Waals surface area contributed by atoms with Gasteiger partial charge in [0.1, 0.15) is 0 Å². The van der Waals surface area contributed by atoms with Gasteiger partial charge >= 0.3 is 0 Å². The van der Waals surface area contributed by atoms with Gasteiger partial charge in [-0.15, -0.1) is 0 Å². The Hall–Kier alpha value is -2.48. The van der Waals surface area contributed by atoms with Crippen molar-refractivity contribution < 1.29 is 23.8 Å². The maximum Gasteiger partial charge on any atom is 0.227 e. The van der Waals surface area contributed by atoms with E-state index in [2.05, 4.69) is 10.2 Å². The molecule has 3 aliphatic heterocycles. The molecule has 2 amide bonds. The molecule has 3 fully saturated rings. The van der Waals surface area contributed by atoms with E-state index in [1.165, 1.54) is 45.2 Å². The third kappa shape index (κ3) is 4.51. The Bertz CT molecular complexity index is 818. The summed E-state index contributed by atoms with van der Waals surface area (Å²) in [5, 5.41) is 3.17. The summed E-state index contributed by atoms with van der Waals surface area (Å²) in [5.74, 6) is 1.50. The van der Waals surface area contributed by atoms with Crippen LogP contribution < -0.4 is 24.4 Å². The molecule has 1 unspecified atom stereocenters. The lowest BCUT2D eigenvalue weighted by atomic mass is 9.83. The van der Waals surface area contributed by atoms with Crippen molar-refractivity contribution >= 4 is 17.5 Å². The number of hydrogen-bond donors (Lipinski definition) is 1. The van der Waals surface area contributed by atoms with Gasteiger partial charge < -0.3 is 29.3 Å². The van der Waals surface area contributed by atoms with Crippen LogP contribution in [0.1, 0.15) is 38.5 Å². The van der Waals surface area contributed by atoms with Crippen LogP contribution in [0.15, 0.2) is 12.1 Å². The average Bonchev–Trinajstić information content (AvgIpc) is 3.23. The van der Waals surface area contributed by atoms with Crippen LogP contribution in [0, 0.1) is 11.8 Å². The molecule has 3 heterocycles. The number of benzene rings is 1. The lowest BCUT2D eigenvalue weighted by Crippen LogP contribution is -2.51. The summed E-state index contributed by atoms with van der Waals surface area (Å²) in [7, 11) is 4.63. The number of nitrogens with zero attached hydrogens (tertiary/aromatic N) is 2. The molecule has 8 heteroatoms. The number of rotatable bonds is 7. The number of carbonyl (C=O) groups is 2. The van der Waals surface area contributed by atoms with Crippen LogP contribution in [0.5, 0.6) is 17.2 Å². The van der Waals surface area contributed by atoms with Gasteiger partial charge in [-0.3, -0.25) is 9.59 Å². The Morgan fingerprint density at radius 3 is 2.44 bits per heavy atom. The van der Waals surface area contributed by atoms with Gasteiger partial charge in [-0.1, -0.05) is 6.42 Å². The highest BCUT2D eigenvalue weighted by molar-refractivity contribution is 6.00. The lowest BCUT2D eigenvalue weighted by molar-refractivity contribution is -0.126. The van der Waals surface area contributed by atoms with E-state index in [4.69, 9.17) is 14.2 Å². The van der Waals surface area contributed by atoms with Crippen molar-refractivity contribution in [3.63, 3.8) is 0 Å². The van der Waals surface area contributed by atoms with Crippen molar-refractivity contribution in [2.75, 3.05) is 52.4 Å². The quantitative estimate of drug-likeness (QED) is 0.695. The van der Waals surface area contributed by atoms with Gasteiger partial charge in [0.05, 0.1) is 32.9 Å². The third-order valence-corrected chi connectivity index (χ3v) is 7.22. The van der Waals surface area contributed by atoms with Gasteiger partial charge in [-0.05, 0) is 44.7 Å². The average molecular weight is 446 g/mol. The fourth-order valence-corrected chi connectivity index (χ4v) is 5.55. The van der Waals surface area contributed by atoms with Gasteiger partial charge in [0.2, 0.25) is 17.6 Å². The van der Waals surface area contributed by atoms with Gasteiger partial charge in [-0.2, -0.15) is 0 Å². The number of methoxy groups -OCH3 is 3. The monoisotopic (exact) mass is 445 g/mol. The number of piperidine rings is 2. The molecule has 176 valence electrons. The highest BCUT2D eigenvalue weighted by Gasteiger charge is 2.37. The lowest BCUT2D eigenvalue weighted by Gasteiger charge is -2.44. The molecular formula is C24H35N3O5. The predicted octanol–water partition coefficient (Wildman–Crippen LogP) is 2.45. The van der Waals surface area contributed by atoms with E-state index in [-0.39, 0.29) is 24.2 Å². The van der Waals surface area contributed by atoms with Crippen LogP contribution in [-0.4, -0.2) is 70.3 Å². The fourth-order valence-electron chi connectivity index (χ4n) is 5.55. The van der Waals surface area contributed by atoms with Crippen LogP contribution in [0.4, 0.5) is 5.69 Å². The standard InChI is InChI=1S/C24H35N3O5/c1-30-20-12-18(13-21(31-2)23(20)32-3)27-15-17(11-22(27)28)24(29)25-14-16-7-6-10-26-9-5-4-8-19(16)26/h12-13,16-17,19H,4-11,14-15H2,1-3H3,(H,25,29)/t16-,17?,19+/m0/s1. The van der Waals surface area contributed by atoms with Gasteiger partial charge in [0.15, 0.2) is 11.5 Å². The van der Waals surface area contributed by atoms with E-state index in [1.807, 2.05) is 0 Å². The summed E-state index contributed by atoms with van der Waals surface area (Å²) >= 11 is 0. The second kappa shape index (κ2) is 9.98.